The molecule has 0 unspecified atom stereocenters. The lowest BCUT2D eigenvalue weighted by atomic mass is 9.98. The van der Waals surface area contributed by atoms with Gasteiger partial charge in [0, 0.05) is 107 Å². The molecule has 0 spiro atoms. The maximum atomic E-state index is 5.38. The van der Waals surface area contributed by atoms with Gasteiger partial charge in [0.25, 0.3) is 0 Å². The maximum absolute atomic E-state index is 5.38. The van der Waals surface area contributed by atoms with Gasteiger partial charge < -0.3 is 8.98 Å². The molecular formula is C81H151N21OS. The van der Waals surface area contributed by atoms with Crippen LogP contribution in [0.25, 0.3) is 0 Å². The van der Waals surface area contributed by atoms with Crippen molar-refractivity contribution in [3.05, 3.63) is 130 Å². The lowest BCUT2D eigenvalue weighted by Crippen LogP contribution is -2.25. The largest absolute Gasteiger partial charge is 0.425 e. The van der Waals surface area contributed by atoms with Gasteiger partial charge in [-0.1, -0.05) is 179 Å². The highest BCUT2D eigenvalue weighted by Crippen LogP contribution is 2.29. The fourth-order valence-electron chi connectivity index (χ4n) is 8.39. The minimum atomic E-state index is 0. The monoisotopic (exact) mass is 1470 g/mol. The van der Waals surface area contributed by atoms with Gasteiger partial charge in [-0.05, 0) is 175 Å². The third-order valence-electron chi connectivity index (χ3n) is 15.3. The molecule has 0 aliphatic heterocycles. The van der Waals surface area contributed by atoms with E-state index >= 15 is 0 Å². The number of nitrogens with zero attached hydrogens (tertiary/aromatic N) is 21. The van der Waals surface area contributed by atoms with Gasteiger partial charge in [-0.25, -0.2) is 9.67 Å². The van der Waals surface area contributed by atoms with Gasteiger partial charge in [-0.3, -0.25) is 18.7 Å². The quantitative estimate of drug-likeness (QED) is 0.0929. The average molecular weight is 1470 g/mol. The molecule has 9 aromatic rings. The van der Waals surface area contributed by atoms with Crippen LogP contribution in [0.1, 0.15) is 436 Å². The third kappa shape index (κ3) is 35.4. The van der Waals surface area contributed by atoms with E-state index in [0.29, 0.717) is 89.4 Å². The third-order valence-corrected chi connectivity index (χ3v) is 17.0. The SMILES string of the molecule is C.C.CC(C)c1ccn(C(C)C)n1.CC(C)c1ccnn1C(C)(C)C.CC(C)c1ccnn1C(C)C.CC(C)c1cn(C(C)(C)C)cn1.CC(C)c1cn(C(C)C)nn1.CC(C)c1cnn(C(C)C)c1.CC(C)c1nnc(C(C)(C)C)s1.CC(C)c1nnc(C(C)C)o1.CC(C)c1nnn(C(C)C)n1. The van der Waals surface area contributed by atoms with Crippen LogP contribution in [0, 0.1) is 0 Å². The van der Waals surface area contributed by atoms with Gasteiger partial charge in [-0.15, -0.1) is 47.0 Å². The number of hydrogen-bond acceptors (Lipinski definition) is 16. The zero-order chi connectivity index (χ0) is 78.6. The zero-order valence-corrected chi connectivity index (χ0v) is 72.0. The molecular weight excluding hydrogens is 1320 g/mol. The standard InChI is InChI=1S/2C10H18N2.C9H16N2S.3C9H16N2.C8H15N3.C8H14N2O.C7H14N4.2CH4/c1-8(2)9-6-12(7-11-9)10(3,4)5;1-8(2)9-6-7-11-12(9)10(3,4)5;1-6(2)7-10-11-8(12-7)9(3,4)5;1-7(2)9-5-10-11(6-9)8(3)4;1-7(2)9-5-6-11(10-9)8(3)4;1-7(2)9-5-6-10-11(9)8(3)4;1-6(2)8-5-11(7(3)4)10-9-8;1-5(2)7-9-10-8(11-7)6(3)4;1-5(2)7-8-10-11(9-7)6(3)4;;/h2*6-8H,1-5H3;6H,1-5H3;3*5-8H,1-4H3;5-7H,1-4H3;2*5-6H,1-4H3;2*1H4. The predicted molar refractivity (Wildman–Crippen MR) is 438 cm³/mol. The molecule has 104 heavy (non-hydrogen) atoms. The molecule has 0 N–H and O–H groups in total. The van der Waals surface area contributed by atoms with E-state index in [9.17, 15) is 0 Å². The van der Waals surface area contributed by atoms with Crippen molar-refractivity contribution < 1.29 is 4.42 Å². The molecule has 0 radical (unpaired) electrons. The molecule has 9 heterocycles. The fraction of sp³-hybridized carbons (Fsp3) is 0.728. The number of aromatic nitrogens is 21. The molecule has 0 saturated heterocycles. The van der Waals surface area contributed by atoms with Crippen LogP contribution in [-0.4, -0.2) is 104 Å². The van der Waals surface area contributed by atoms with Gasteiger partial charge in [-0.2, -0.15) is 25.2 Å². The summed E-state index contributed by atoms with van der Waals surface area (Å²) in [4.78, 5) is 5.98. The van der Waals surface area contributed by atoms with E-state index in [1.54, 1.807) is 16.1 Å². The van der Waals surface area contributed by atoms with Gasteiger partial charge in [0.05, 0.1) is 41.2 Å². The highest BCUT2D eigenvalue weighted by molar-refractivity contribution is 7.11. The minimum absolute atomic E-state index is 0. The smallest absolute Gasteiger partial charge is 0.219 e. The molecule has 9 rings (SSSR count). The maximum Gasteiger partial charge on any atom is 0.219 e. The first-order valence-electron chi connectivity index (χ1n) is 37.5. The molecule has 23 heteroatoms. The van der Waals surface area contributed by atoms with Crippen LogP contribution >= 0.6 is 11.3 Å². The van der Waals surface area contributed by atoms with Crippen molar-refractivity contribution >= 4 is 11.3 Å². The summed E-state index contributed by atoms with van der Waals surface area (Å²) >= 11 is 1.73. The van der Waals surface area contributed by atoms with Crippen molar-refractivity contribution in [1.29, 1.82) is 0 Å². The van der Waals surface area contributed by atoms with Crippen molar-refractivity contribution in [2.75, 3.05) is 0 Å². The van der Waals surface area contributed by atoms with E-state index < -0.39 is 0 Å². The predicted octanol–water partition coefficient (Wildman–Crippen LogP) is 23.2. The first kappa shape index (κ1) is 99.0. The second-order valence-corrected chi connectivity index (χ2v) is 34.7. The Bertz CT molecular complexity index is 3130. The normalized spacial score (nSPS) is 11.6. The van der Waals surface area contributed by atoms with Crippen LogP contribution in [0.5, 0.6) is 0 Å². The number of imidazole rings is 1. The van der Waals surface area contributed by atoms with Gasteiger partial charge in [0.2, 0.25) is 11.8 Å². The van der Waals surface area contributed by atoms with Crippen LogP contribution in [0.4, 0.5) is 0 Å². The van der Waals surface area contributed by atoms with Gasteiger partial charge in [0.1, 0.15) is 10.0 Å². The fourth-order valence-corrected chi connectivity index (χ4v) is 9.29. The van der Waals surface area contributed by atoms with E-state index in [0.717, 1.165) is 33.3 Å². The van der Waals surface area contributed by atoms with E-state index in [4.69, 9.17) is 4.42 Å². The molecule has 0 saturated carbocycles. The lowest BCUT2D eigenvalue weighted by Gasteiger charge is -2.23. The Kier molecular flexibility index (Phi) is 43.9. The zero-order valence-electron chi connectivity index (χ0n) is 71.2. The number of hydrogen-bond donors (Lipinski definition) is 0. The summed E-state index contributed by atoms with van der Waals surface area (Å²) in [6, 6.07) is 8.41. The molecule has 0 aromatic carbocycles. The van der Waals surface area contributed by atoms with Crippen molar-refractivity contribution in [2.24, 2.45) is 0 Å². The molecule has 0 bridgehead atoms. The van der Waals surface area contributed by atoms with Crippen LogP contribution in [0.15, 0.2) is 72.3 Å². The minimum Gasteiger partial charge on any atom is -0.425 e. The molecule has 0 aliphatic carbocycles. The number of tetrazole rings is 1. The molecule has 9 aromatic heterocycles. The molecule has 22 nitrogen and oxygen atoms in total. The summed E-state index contributed by atoms with van der Waals surface area (Å²) in [6.45, 7) is 83.2. The molecule has 592 valence electrons. The Morgan fingerprint density at radius 1 is 0.394 bits per heavy atom. The summed E-state index contributed by atoms with van der Waals surface area (Å²) in [5, 5.41) is 55.8. The van der Waals surface area contributed by atoms with Gasteiger partial charge >= 0.3 is 0 Å². The summed E-state index contributed by atoms with van der Waals surface area (Å²) in [5.74, 6) is 7.03. The second kappa shape index (κ2) is 46.1. The van der Waals surface area contributed by atoms with Crippen molar-refractivity contribution in [3.63, 3.8) is 0 Å². The molecule has 0 atom stereocenters. The molecule has 0 fully saturated rings. The van der Waals surface area contributed by atoms with E-state index in [-0.39, 0.29) is 31.3 Å². The first-order valence-corrected chi connectivity index (χ1v) is 38.3. The highest BCUT2D eigenvalue weighted by atomic mass is 32.1. The summed E-state index contributed by atoms with van der Waals surface area (Å²) in [5.41, 5.74) is 7.76. The van der Waals surface area contributed by atoms with Crippen LogP contribution in [0.2, 0.25) is 0 Å². The Balaban J connectivity index is 0. The highest BCUT2D eigenvalue weighted by Gasteiger charge is 2.22. The number of rotatable bonds is 15. The Morgan fingerprint density at radius 2 is 0.904 bits per heavy atom. The van der Waals surface area contributed by atoms with E-state index in [1.807, 2.05) is 92.9 Å². The van der Waals surface area contributed by atoms with Crippen molar-refractivity contribution in [2.45, 2.75) is 391 Å². The first-order chi connectivity index (χ1) is 46.9. The Hall–Kier alpha value is -7.04. The topological polar surface area (TPSA) is 228 Å². The van der Waals surface area contributed by atoms with Crippen LogP contribution in [-0.2, 0) is 16.5 Å². The second-order valence-electron chi connectivity index (χ2n) is 33.7. The Morgan fingerprint density at radius 3 is 1.17 bits per heavy atom. The van der Waals surface area contributed by atoms with Crippen molar-refractivity contribution in [3.8, 4) is 0 Å². The van der Waals surface area contributed by atoms with Gasteiger partial charge in [0.15, 0.2) is 5.82 Å². The van der Waals surface area contributed by atoms with Crippen LogP contribution in [0.3, 0.4) is 0 Å². The van der Waals surface area contributed by atoms with E-state index in [2.05, 4.69) is 345 Å². The summed E-state index contributed by atoms with van der Waals surface area (Å²) in [7, 11) is 0. The molecule has 0 aliphatic rings. The van der Waals surface area contributed by atoms with Crippen molar-refractivity contribution in [1.82, 2.24) is 104 Å². The summed E-state index contributed by atoms with van der Waals surface area (Å²) in [6.07, 6.45) is 15.9. The molecule has 0 amide bonds. The summed E-state index contributed by atoms with van der Waals surface area (Å²) < 4.78 is 17.6. The van der Waals surface area contributed by atoms with Crippen LogP contribution < -0.4 is 0 Å². The average Bonchev–Trinajstić information content (AvgIpc) is 1.65. The Labute approximate surface area is 637 Å². The lowest BCUT2D eigenvalue weighted by molar-refractivity contribution is 0.339. The van der Waals surface area contributed by atoms with E-state index in [1.165, 1.54) is 28.3 Å².